The van der Waals surface area contributed by atoms with Gasteiger partial charge in [0.05, 0.1) is 5.56 Å². The number of hydrogen-bond donors (Lipinski definition) is 0. The molecular weight excluding hydrogens is 303 g/mol. The number of carbonyl (C=O) groups is 1. The molecule has 2 heterocycles. The first-order valence-corrected chi connectivity index (χ1v) is 9.53. The van der Waals surface area contributed by atoms with E-state index in [1.807, 2.05) is 4.90 Å². The van der Waals surface area contributed by atoms with E-state index < -0.39 is 5.82 Å². The third-order valence-corrected chi connectivity index (χ3v) is 5.47. The Morgan fingerprint density at radius 2 is 1.71 bits per heavy atom. The molecule has 0 radical (unpaired) electrons. The van der Waals surface area contributed by atoms with E-state index in [2.05, 4.69) is 4.90 Å². The van der Waals surface area contributed by atoms with E-state index in [0.29, 0.717) is 0 Å². The van der Waals surface area contributed by atoms with Gasteiger partial charge in [0, 0.05) is 19.1 Å². The normalized spacial score (nSPS) is 23.0. The van der Waals surface area contributed by atoms with Crippen LogP contribution in [0.3, 0.4) is 0 Å². The monoisotopic (exact) mass is 332 g/mol. The Morgan fingerprint density at radius 1 is 1.00 bits per heavy atom. The van der Waals surface area contributed by atoms with Crippen molar-refractivity contribution in [2.75, 3.05) is 26.2 Å². The second-order valence-electron chi connectivity index (χ2n) is 7.17. The zero-order chi connectivity index (χ0) is 16.8. The lowest BCUT2D eigenvalue weighted by atomic mass is 9.97. The van der Waals surface area contributed by atoms with Gasteiger partial charge >= 0.3 is 0 Å². The van der Waals surface area contributed by atoms with Gasteiger partial charge in [-0.05, 0) is 63.7 Å². The first-order chi connectivity index (χ1) is 11.8. The Balaban J connectivity index is 1.62. The Kier molecular flexibility index (Phi) is 6.24. The van der Waals surface area contributed by atoms with Gasteiger partial charge in [0.15, 0.2) is 0 Å². The van der Waals surface area contributed by atoms with Crippen molar-refractivity contribution in [1.82, 2.24) is 9.80 Å². The van der Waals surface area contributed by atoms with Crippen LogP contribution < -0.4 is 0 Å². The van der Waals surface area contributed by atoms with Gasteiger partial charge in [-0.25, -0.2) is 4.39 Å². The third kappa shape index (κ3) is 4.35. The van der Waals surface area contributed by atoms with Crippen LogP contribution in [-0.4, -0.2) is 47.9 Å². The fourth-order valence-corrected chi connectivity index (χ4v) is 4.05. The molecule has 0 aromatic heterocycles. The summed E-state index contributed by atoms with van der Waals surface area (Å²) >= 11 is 0. The number of rotatable bonds is 4. The van der Waals surface area contributed by atoms with Crippen LogP contribution >= 0.6 is 0 Å². The molecule has 0 unspecified atom stereocenters. The molecule has 1 amide bonds. The number of hydrogen-bond acceptors (Lipinski definition) is 2. The lowest BCUT2D eigenvalue weighted by Crippen LogP contribution is -2.45. The molecule has 3 nitrogen and oxygen atoms in total. The van der Waals surface area contributed by atoms with Gasteiger partial charge in [-0.1, -0.05) is 25.0 Å². The van der Waals surface area contributed by atoms with E-state index in [9.17, 15) is 9.18 Å². The van der Waals surface area contributed by atoms with Gasteiger partial charge in [-0.15, -0.1) is 0 Å². The van der Waals surface area contributed by atoms with E-state index in [1.165, 1.54) is 51.3 Å². The Labute approximate surface area is 144 Å². The molecule has 0 bridgehead atoms. The SMILES string of the molecule is O=C(c1ccccc1F)N1CCCC[C@@H]1CCN1CCCCCC1. The summed E-state index contributed by atoms with van der Waals surface area (Å²) in [6.07, 6.45) is 9.54. The molecule has 132 valence electrons. The van der Waals surface area contributed by atoms with Crippen molar-refractivity contribution >= 4 is 5.91 Å². The summed E-state index contributed by atoms with van der Waals surface area (Å²) in [4.78, 5) is 17.3. The molecule has 24 heavy (non-hydrogen) atoms. The number of nitrogens with zero attached hydrogens (tertiary/aromatic N) is 2. The van der Waals surface area contributed by atoms with E-state index in [0.717, 1.165) is 32.4 Å². The van der Waals surface area contributed by atoms with Crippen LogP contribution in [0.15, 0.2) is 24.3 Å². The molecule has 3 rings (SSSR count). The summed E-state index contributed by atoms with van der Waals surface area (Å²) in [5.41, 5.74) is 0.221. The smallest absolute Gasteiger partial charge is 0.257 e. The fourth-order valence-electron chi connectivity index (χ4n) is 4.05. The molecule has 2 fully saturated rings. The van der Waals surface area contributed by atoms with Crippen molar-refractivity contribution in [3.63, 3.8) is 0 Å². The van der Waals surface area contributed by atoms with Crippen LogP contribution in [0.2, 0.25) is 0 Å². The van der Waals surface area contributed by atoms with Gasteiger partial charge in [-0.2, -0.15) is 0 Å². The highest BCUT2D eigenvalue weighted by molar-refractivity contribution is 5.94. The second-order valence-corrected chi connectivity index (χ2v) is 7.17. The molecule has 4 heteroatoms. The summed E-state index contributed by atoms with van der Waals surface area (Å²) < 4.78 is 14.0. The van der Waals surface area contributed by atoms with Gasteiger partial charge < -0.3 is 9.80 Å². The first-order valence-electron chi connectivity index (χ1n) is 9.53. The maximum Gasteiger partial charge on any atom is 0.257 e. The number of benzene rings is 1. The van der Waals surface area contributed by atoms with Gasteiger partial charge in [0.2, 0.25) is 0 Å². The van der Waals surface area contributed by atoms with Crippen molar-refractivity contribution in [2.24, 2.45) is 0 Å². The predicted octanol–water partition coefficient (Wildman–Crippen LogP) is 4.09. The number of carbonyl (C=O) groups excluding carboxylic acids is 1. The zero-order valence-corrected chi connectivity index (χ0v) is 14.6. The number of halogens is 1. The molecule has 2 saturated heterocycles. The summed E-state index contributed by atoms with van der Waals surface area (Å²) in [6, 6.07) is 6.63. The summed E-state index contributed by atoms with van der Waals surface area (Å²) in [5.74, 6) is -0.534. The van der Waals surface area contributed by atoms with Gasteiger partial charge in [0.25, 0.3) is 5.91 Å². The Hall–Kier alpha value is -1.42. The van der Waals surface area contributed by atoms with Crippen molar-refractivity contribution in [2.45, 2.75) is 57.4 Å². The molecule has 1 aromatic rings. The van der Waals surface area contributed by atoms with Crippen LogP contribution in [0.25, 0.3) is 0 Å². The van der Waals surface area contributed by atoms with Crippen molar-refractivity contribution in [3.05, 3.63) is 35.6 Å². The molecule has 1 aromatic carbocycles. The lowest BCUT2D eigenvalue weighted by Gasteiger charge is -2.37. The summed E-state index contributed by atoms with van der Waals surface area (Å²) in [5, 5.41) is 0. The average molecular weight is 332 g/mol. The van der Waals surface area contributed by atoms with Gasteiger partial charge in [0.1, 0.15) is 5.82 Å². The number of likely N-dealkylation sites (tertiary alicyclic amines) is 2. The maximum atomic E-state index is 14.0. The lowest BCUT2D eigenvalue weighted by molar-refractivity contribution is 0.0579. The van der Waals surface area contributed by atoms with Crippen LogP contribution in [0.5, 0.6) is 0 Å². The largest absolute Gasteiger partial charge is 0.336 e. The maximum absolute atomic E-state index is 14.0. The molecule has 1 atom stereocenters. The van der Waals surface area contributed by atoms with Crippen LogP contribution in [-0.2, 0) is 0 Å². The van der Waals surface area contributed by atoms with Crippen LogP contribution in [0.1, 0.15) is 61.7 Å². The molecule has 0 aliphatic carbocycles. The van der Waals surface area contributed by atoms with Crippen molar-refractivity contribution in [3.8, 4) is 0 Å². The third-order valence-electron chi connectivity index (χ3n) is 5.47. The molecule has 2 aliphatic heterocycles. The Morgan fingerprint density at radius 3 is 2.46 bits per heavy atom. The number of piperidine rings is 1. The zero-order valence-electron chi connectivity index (χ0n) is 14.6. The summed E-state index contributed by atoms with van der Waals surface area (Å²) in [6.45, 7) is 4.20. The predicted molar refractivity (Wildman–Crippen MR) is 94.6 cm³/mol. The minimum atomic E-state index is -0.403. The van der Waals surface area contributed by atoms with E-state index in [-0.39, 0.29) is 17.5 Å². The van der Waals surface area contributed by atoms with Crippen LogP contribution in [0.4, 0.5) is 4.39 Å². The Bertz CT molecular complexity index is 540. The quantitative estimate of drug-likeness (QED) is 0.829. The van der Waals surface area contributed by atoms with E-state index >= 15 is 0 Å². The molecule has 0 saturated carbocycles. The topological polar surface area (TPSA) is 23.6 Å². The molecule has 0 N–H and O–H groups in total. The molecule has 2 aliphatic rings. The minimum Gasteiger partial charge on any atom is -0.336 e. The van der Waals surface area contributed by atoms with Crippen molar-refractivity contribution < 1.29 is 9.18 Å². The highest BCUT2D eigenvalue weighted by Crippen LogP contribution is 2.23. The van der Waals surface area contributed by atoms with E-state index in [4.69, 9.17) is 0 Å². The van der Waals surface area contributed by atoms with E-state index in [1.54, 1.807) is 18.2 Å². The highest BCUT2D eigenvalue weighted by Gasteiger charge is 2.29. The highest BCUT2D eigenvalue weighted by atomic mass is 19.1. The number of amides is 1. The molecular formula is C20H29FN2O. The van der Waals surface area contributed by atoms with Gasteiger partial charge in [-0.3, -0.25) is 4.79 Å². The average Bonchev–Trinajstić information content (AvgIpc) is 2.89. The summed E-state index contributed by atoms with van der Waals surface area (Å²) in [7, 11) is 0. The molecule has 0 spiro atoms. The standard InChI is InChI=1S/C20H29FN2O/c21-19-11-4-3-10-18(19)20(24)23-15-8-5-9-17(23)12-16-22-13-6-1-2-7-14-22/h3-4,10-11,17H,1-2,5-9,12-16H2/t17-/m1/s1. The fraction of sp³-hybridized carbons (Fsp3) is 0.650. The minimum absolute atomic E-state index is 0.131. The van der Waals surface area contributed by atoms with Crippen molar-refractivity contribution in [1.29, 1.82) is 0 Å². The second kappa shape index (κ2) is 8.61. The first kappa shape index (κ1) is 17.4. The van der Waals surface area contributed by atoms with Crippen LogP contribution in [0, 0.1) is 5.82 Å².